The number of carbonyl (C=O) groups excluding carboxylic acids is 2. The molecule has 3 amide bonds. The molecule has 5 heteroatoms. The van der Waals surface area contributed by atoms with E-state index in [2.05, 4.69) is 28.5 Å². The van der Waals surface area contributed by atoms with Crippen molar-refractivity contribution in [1.82, 2.24) is 10.6 Å². The number of anilines is 1. The predicted molar refractivity (Wildman–Crippen MR) is 88.0 cm³/mol. The van der Waals surface area contributed by atoms with E-state index in [0.29, 0.717) is 0 Å². The lowest BCUT2D eigenvalue weighted by Crippen LogP contribution is -2.51. The number of hydrogen-bond acceptors (Lipinski definition) is 3. The Labute approximate surface area is 132 Å². The van der Waals surface area contributed by atoms with Crippen LogP contribution < -0.4 is 15.5 Å². The number of aryl methyl sites for hydroxylation is 1. The first-order valence-corrected chi connectivity index (χ1v) is 7.73. The molecule has 22 heavy (non-hydrogen) atoms. The number of hydrogen-bond donors (Lipinski definition) is 2. The van der Waals surface area contributed by atoms with Crippen molar-refractivity contribution >= 4 is 17.6 Å². The Bertz CT molecular complexity index is 563. The Morgan fingerprint density at radius 1 is 1.27 bits per heavy atom. The molecule has 0 saturated carbocycles. The average molecular weight is 303 g/mol. The van der Waals surface area contributed by atoms with Crippen molar-refractivity contribution < 1.29 is 9.59 Å². The molecule has 0 radical (unpaired) electrons. The molecule has 1 aromatic carbocycles. The van der Waals surface area contributed by atoms with Gasteiger partial charge in [-0.3, -0.25) is 10.1 Å². The summed E-state index contributed by atoms with van der Waals surface area (Å²) in [6, 6.07) is 7.96. The van der Waals surface area contributed by atoms with Crippen LogP contribution in [0, 0.1) is 0 Å². The van der Waals surface area contributed by atoms with Crippen molar-refractivity contribution in [3.05, 3.63) is 29.8 Å². The quantitative estimate of drug-likeness (QED) is 0.882. The average Bonchev–Trinajstić information content (AvgIpc) is 2.39. The monoisotopic (exact) mass is 303 g/mol. The number of amides is 3. The van der Waals surface area contributed by atoms with Crippen LogP contribution in [-0.2, 0) is 11.2 Å². The second-order valence-corrected chi connectivity index (χ2v) is 6.90. The van der Waals surface area contributed by atoms with Crippen LogP contribution in [0.4, 0.5) is 10.5 Å². The maximum atomic E-state index is 12.1. The van der Waals surface area contributed by atoms with Gasteiger partial charge in [0.2, 0.25) is 5.91 Å². The number of nitrogens with zero attached hydrogens (tertiary/aromatic N) is 1. The molecule has 1 aromatic rings. The van der Waals surface area contributed by atoms with Gasteiger partial charge in [-0.1, -0.05) is 18.2 Å². The molecule has 2 N–H and O–H groups in total. The summed E-state index contributed by atoms with van der Waals surface area (Å²) in [4.78, 5) is 26.0. The van der Waals surface area contributed by atoms with Crippen LogP contribution in [0.25, 0.3) is 0 Å². The van der Waals surface area contributed by atoms with E-state index in [1.54, 1.807) is 0 Å². The van der Waals surface area contributed by atoms with Crippen LogP contribution >= 0.6 is 0 Å². The van der Waals surface area contributed by atoms with Crippen LogP contribution in [0.2, 0.25) is 0 Å². The van der Waals surface area contributed by atoms with Crippen LogP contribution in [-0.4, -0.2) is 30.1 Å². The molecule has 0 aliphatic carbocycles. The number of urea groups is 1. The van der Waals surface area contributed by atoms with Gasteiger partial charge in [0.15, 0.2) is 0 Å². The highest BCUT2D eigenvalue weighted by atomic mass is 16.2. The first-order chi connectivity index (χ1) is 10.3. The fraction of sp³-hybridized carbons (Fsp3) is 0.529. The summed E-state index contributed by atoms with van der Waals surface area (Å²) < 4.78 is 0. The molecular formula is C17H25N3O2. The molecule has 0 saturated heterocycles. The first-order valence-electron chi connectivity index (χ1n) is 7.73. The van der Waals surface area contributed by atoms with Crippen molar-refractivity contribution in [3.63, 3.8) is 0 Å². The topological polar surface area (TPSA) is 61.4 Å². The number of para-hydroxylation sites is 1. The number of nitrogens with one attached hydrogen (secondary N) is 2. The third-order valence-electron chi connectivity index (χ3n) is 3.72. The molecule has 1 aliphatic heterocycles. The number of fused-ring (bicyclic) bond motifs is 1. The van der Waals surface area contributed by atoms with E-state index in [0.717, 1.165) is 18.5 Å². The molecule has 0 spiro atoms. The lowest BCUT2D eigenvalue weighted by molar-refractivity contribution is -0.118. The minimum atomic E-state index is -0.449. The van der Waals surface area contributed by atoms with Crippen LogP contribution in [0.15, 0.2) is 24.3 Å². The van der Waals surface area contributed by atoms with Crippen molar-refractivity contribution in [1.29, 1.82) is 0 Å². The minimum Gasteiger partial charge on any atom is -0.359 e. The number of imide groups is 1. The summed E-state index contributed by atoms with van der Waals surface area (Å²) in [6.45, 7) is 7.92. The van der Waals surface area contributed by atoms with E-state index in [9.17, 15) is 9.59 Å². The highest BCUT2D eigenvalue weighted by Gasteiger charge is 2.25. The van der Waals surface area contributed by atoms with Crippen LogP contribution in [0.3, 0.4) is 0 Å². The van der Waals surface area contributed by atoms with Gasteiger partial charge in [-0.15, -0.1) is 0 Å². The third-order valence-corrected chi connectivity index (χ3v) is 3.72. The molecule has 120 valence electrons. The standard InChI is InChI=1S/C17H25N3O2/c1-12-9-10-13-7-5-6-8-14(13)20(12)11-15(21)18-16(22)19-17(2,3)4/h5-8,12H,9-11H2,1-4H3,(H2,18,19,21,22). The van der Waals surface area contributed by atoms with Crippen molar-refractivity contribution in [2.24, 2.45) is 0 Å². The van der Waals surface area contributed by atoms with Crippen molar-refractivity contribution in [3.8, 4) is 0 Å². The van der Waals surface area contributed by atoms with Gasteiger partial charge in [0.05, 0.1) is 6.54 Å². The molecule has 0 fully saturated rings. The number of benzene rings is 1. The first kappa shape index (κ1) is 16.3. The lowest BCUT2D eigenvalue weighted by atomic mass is 9.97. The fourth-order valence-electron chi connectivity index (χ4n) is 2.69. The van der Waals surface area contributed by atoms with Crippen molar-refractivity contribution in [2.75, 3.05) is 11.4 Å². The van der Waals surface area contributed by atoms with Gasteiger partial charge in [-0.2, -0.15) is 0 Å². The van der Waals surface area contributed by atoms with E-state index in [1.165, 1.54) is 5.56 Å². The lowest BCUT2D eigenvalue weighted by Gasteiger charge is -2.36. The maximum absolute atomic E-state index is 12.1. The molecule has 2 rings (SSSR count). The largest absolute Gasteiger partial charge is 0.359 e. The van der Waals surface area contributed by atoms with Crippen LogP contribution in [0.5, 0.6) is 0 Å². The molecule has 1 heterocycles. The molecule has 1 atom stereocenters. The highest BCUT2D eigenvalue weighted by molar-refractivity contribution is 5.96. The summed E-state index contributed by atoms with van der Waals surface area (Å²) in [5.74, 6) is -0.287. The Balaban J connectivity index is 2.01. The zero-order valence-corrected chi connectivity index (χ0v) is 13.8. The van der Waals surface area contributed by atoms with E-state index in [1.807, 2.05) is 39.0 Å². The van der Waals surface area contributed by atoms with E-state index < -0.39 is 6.03 Å². The van der Waals surface area contributed by atoms with Crippen LogP contribution in [0.1, 0.15) is 39.7 Å². The molecule has 0 bridgehead atoms. The van der Waals surface area contributed by atoms with Gasteiger partial charge in [0, 0.05) is 17.3 Å². The van der Waals surface area contributed by atoms with Gasteiger partial charge in [-0.05, 0) is 52.2 Å². The zero-order valence-electron chi connectivity index (χ0n) is 13.8. The Kier molecular flexibility index (Phi) is 4.74. The fourth-order valence-corrected chi connectivity index (χ4v) is 2.69. The van der Waals surface area contributed by atoms with Crippen molar-refractivity contribution in [2.45, 2.75) is 52.1 Å². The maximum Gasteiger partial charge on any atom is 0.321 e. The van der Waals surface area contributed by atoms with Gasteiger partial charge < -0.3 is 10.2 Å². The molecule has 1 aliphatic rings. The Hall–Kier alpha value is -2.04. The van der Waals surface area contributed by atoms with Gasteiger partial charge >= 0.3 is 6.03 Å². The second-order valence-electron chi connectivity index (χ2n) is 6.90. The predicted octanol–water partition coefficient (Wildman–Crippen LogP) is 2.45. The third kappa shape index (κ3) is 4.23. The Morgan fingerprint density at radius 2 is 1.95 bits per heavy atom. The normalized spacial score (nSPS) is 17.6. The summed E-state index contributed by atoms with van der Waals surface area (Å²) in [6.07, 6.45) is 2.04. The summed E-state index contributed by atoms with van der Waals surface area (Å²) >= 11 is 0. The minimum absolute atomic E-state index is 0.190. The highest BCUT2D eigenvalue weighted by Crippen LogP contribution is 2.29. The van der Waals surface area contributed by atoms with E-state index in [4.69, 9.17) is 0 Å². The number of carbonyl (C=O) groups is 2. The molecule has 0 aromatic heterocycles. The van der Waals surface area contributed by atoms with E-state index in [-0.39, 0.29) is 24.0 Å². The SMILES string of the molecule is CC1CCc2ccccc2N1CC(=O)NC(=O)NC(C)(C)C. The Morgan fingerprint density at radius 3 is 2.64 bits per heavy atom. The van der Waals surface area contributed by atoms with Gasteiger partial charge in [0.25, 0.3) is 0 Å². The molecule has 5 nitrogen and oxygen atoms in total. The summed E-state index contributed by atoms with van der Waals surface area (Å²) in [5, 5.41) is 5.13. The van der Waals surface area contributed by atoms with Gasteiger partial charge in [0.1, 0.15) is 0 Å². The molecular weight excluding hydrogens is 278 g/mol. The second kappa shape index (κ2) is 6.38. The molecule has 1 unspecified atom stereocenters. The summed E-state index contributed by atoms with van der Waals surface area (Å²) in [5.41, 5.74) is 1.98. The van der Waals surface area contributed by atoms with E-state index >= 15 is 0 Å². The smallest absolute Gasteiger partial charge is 0.321 e. The zero-order chi connectivity index (χ0) is 16.3. The number of rotatable bonds is 2. The van der Waals surface area contributed by atoms with Gasteiger partial charge in [-0.25, -0.2) is 4.79 Å². The summed E-state index contributed by atoms with van der Waals surface area (Å²) in [7, 11) is 0.